The second-order valence-corrected chi connectivity index (χ2v) is 5.57. The summed E-state index contributed by atoms with van der Waals surface area (Å²) >= 11 is 0. The van der Waals surface area contributed by atoms with Gasteiger partial charge in [0.05, 0.1) is 25.8 Å². The highest BCUT2D eigenvalue weighted by molar-refractivity contribution is 6.01. The van der Waals surface area contributed by atoms with Crippen LogP contribution in [0.4, 0.5) is 5.69 Å². The molecule has 6 heteroatoms. The van der Waals surface area contributed by atoms with Gasteiger partial charge in [-0.2, -0.15) is 0 Å². The minimum absolute atomic E-state index is 0.155. The molecule has 0 fully saturated rings. The van der Waals surface area contributed by atoms with E-state index in [1.54, 1.807) is 12.1 Å². The zero-order chi connectivity index (χ0) is 17.8. The van der Waals surface area contributed by atoms with E-state index in [1.165, 1.54) is 0 Å². The number of hydrogen-bond donors (Lipinski definition) is 2. The number of hydrazine groups is 1. The normalized spacial score (nSPS) is 13.1. The molecule has 0 spiro atoms. The number of carbonyl (C=O) groups excluding carboxylic acids is 1. The van der Waals surface area contributed by atoms with Crippen LogP contribution in [0, 0.1) is 0 Å². The number of nitrogens with zero attached hydrogens (tertiary/aromatic N) is 2. The molecule has 0 aromatic heterocycles. The van der Waals surface area contributed by atoms with E-state index in [1.807, 2.05) is 48.5 Å². The number of para-hydroxylation sites is 1. The van der Waals surface area contributed by atoms with E-state index in [9.17, 15) is 4.79 Å². The molecular weight excluding hydrogens is 316 g/mol. The maximum atomic E-state index is 12.4. The van der Waals surface area contributed by atoms with Crippen LogP contribution in [0.15, 0.2) is 60.1 Å². The number of nitrogens with one attached hydrogen (secondary N) is 1. The van der Waals surface area contributed by atoms with Gasteiger partial charge >= 0.3 is 0 Å². The highest BCUT2D eigenvalue weighted by Gasteiger charge is 2.26. The Kier molecular flexibility index (Phi) is 4.81. The smallest absolute Gasteiger partial charge is 0.243 e. The molecule has 0 saturated heterocycles. The van der Waals surface area contributed by atoms with Gasteiger partial charge in [-0.1, -0.05) is 49.0 Å². The number of amidine groups is 1. The van der Waals surface area contributed by atoms with Crippen molar-refractivity contribution in [1.82, 2.24) is 10.4 Å². The van der Waals surface area contributed by atoms with Gasteiger partial charge in [0.15, 0.2) is 0 Å². The number of amides is 1. The highest BCUT2D eigenvalue weighted by Crippen LogP contribution is 2.39. The summed E-state index contributed by atoms with van der Waals surface area (Å²) in [5.74, 6) is 0.975. The number of rotatable bonds is 5. The van der Waals surface area contributed by atoms with Gasteiger partial charge in [0.25, 0.3) is 0 Å². The second-order valence-electron chi connectivity index (χ2n) is 5.57. The number of nitrogens with two attached hydrogens (primary N) is 1. The van der Waals surface area contributed by atoms with Gasteiger partial charge in [-0.05, 0) is 11.6 Å². The van der Waals surface area contributed by atoms with Crippen LogP contribution in [0.5, 0.6) is 5.75 Å². The Bertz CT molecular complexity index is 831. The van der Waals surface area contributed by atoms with Crippen LogP contribution in [0.2, 0.25) is 0 Å². The third-order valence-electron chi connectivity index (χ3n) is 3.93. The summed E-state index contributed by atoms with van der Waals surface area (Å²) in [6.07, 6.45) is 0.257. The Morgan fingerprint density at radius 2 is 2.00 bits per heavy atom. The molecule has 25 heavy (non-hydrogen) atoms. The van der Waals surface area contributed by atoms with Crippen molar-refractivity contribution in [2.75, 3.05) is 13.7 Å². The molecular formula is C19H20N4O2. The SMILES string of the molecule is C=C1c2cccc(OC)c2N=C(CN)N1NC(=O)Cc1ccccc1. The maximum Gasteiger partial charge on any atom is 0.243 e. The lowest BCUT2D eigenvalue weighted by Gasteiger charge is -2.32. The molecule has 1 heterocycles. The first-order valence-corrected chi connectivity index (χ1v) is 7.91. The van der Waals surface area contributed by atoms with Gasteiger partial charge in [-0.25, -0.2) is 10.0 Å². The lowest BCUT2D eigenvalue weighted by atomic mass is 10.1. The third kappa shape index (κ3) is 3.39. The highest BCUT2D eigenvalue weighted by atomic mass is 16.5. The summed E-state index contributed by atoms with van der Waals surface area (Å²) in [6, 6.07) is 15.1. The zero-order valence-corrected chi connectivity index (χ0v) is 14.0. The van der Waals surface area contributed by atoms with E-state index in [0.29, 0.717) is 23.0 Å². The van der Waals surface area contributed by atoms with Gasteiger partial charge in [0.2, 0.25) is 5.91 Å². The van der Waals surface area contributed by atoms with Crippen LogP contribution in [0.1, 0.15) is 11.1 Å². The molecule has 1 aliphatic heterocycles. The van der Waals surface area contributed by atoms with Gasteiger partial charge in [0, 0.05) is 5.56 Å². The Morgan fingerprint density at radius 3 is 2.68 bits per heavy atom. The first kappa shape index (κ1) is 16.7. The minimum Gasteiger partial charge on any atom is -0.494 e. The molecule has 2 aromatic carbocycles. The van der Waals surface area contributed by atoms with E-state index < -0.39 is 0 Å². The van der Waals surface area contributed by atoms with Crippen molar-refractivity contribution in [3.63, 3.8) is 0 Å². The molecule has 1 aliphatic rings. The Labute approximate surface area is 146 Å². The number of methoxy groups -OCH3 is 1. The van der Waals surface area contributed by atoms with Crippen LogP contribution in [-0.4, -0.2) is 30.4 Å². The Hall–Kier alpha value is -3.12. The Morgan fingerprint density at radius 1 is 1.24 bits per heavy atom. The van der Waals surface area contributed by atoms with Crippen molar-refractivity contribution < 1.29 is 9.53 Å². The standard InChI is InChI=1S/C19H20N4O2/c1-13-15-9-6-10-16(25-2)19(15)21-17(12-20)23(13)22-18(24)11-14-7-4-3-5-8-14/h3-10H,1,11-12,20H2,2H3,(H,22,24). The summed E-state index contributed by atoms with van der Waals surface area (Å²) in [4.78, 5) is 17.0. The zero-order valence-electron chi connectivity index (χ0n) is 14.0. The fourth-order valence-electron chi connectivity index (χ4n) is 2.70. The molecule has 0 saturated carbocycles. The van der Waals surface area contributed by atoms with Crippen LogP contribution in [0.25, 0.3) is 5.70 Å². The first-order valence-electron chi connectivity index (χ1n) is 7.91. The van der Waals surface area contributed by atoms with Gasteiger partial charge < -0.3 is 10.5 Å². The third-order valence-corrected chi connectivity index (χ3v) is 3.93. The number of ether oxygens (including phenoxy) is 1. The van der Waals surface area contributed by atoms with Gasteiger partial charge in [-0.3, -0.25) is 10.2 Å². The molecule has 128 valence electrons. The summed E-state index contributed by atoms with van der Waals surface area (Å²) in [6.45, 7) is 4.24. The molecule has 0 bridgehead atoms. The molecule has 0 radical (unpaired) electrons. The number of fused-ring (bicyclic) bond motifs is 1. The second kappa shape index (κ2) is 7.19. The van der Waals surface area contributed by atoms with Crippen LogP contribution in [-0.2, 0) is 11.2 Å². The monoisotopic (exact) mass is 336 g/mol. The topological polar surface area (TPSA) is 80.0 Å². The van der Waals surface area contributed by atoms with Crippen molar-refractivity contribution in [2.45, 2.75) is 6.42 Å². The molecule has 1 amide bonds. The Balaban J connectivity index is 1.85. The van der Waals surface area contributed by atoms with Crippen molar-refractivity contribution in [3.05, 3.63) is 66.2 Å². The molecule has 3 rings (SSSR count). The van der Waals surface area contributed by atoms with Gasteiger partial charge in [0.1, 0.15) is 17.3 Å². The average molecular weight is 336 g/mol. The van der Waals surface area contributed by atoms with Crippen LogP contribution < -0.4 is 15.9 Å². The van der Waals surface area contributed by atoms with E-state index in [-0.39, 0.29) is 18.9 Å². The largest absolute Gasteiger partial charge is 0.494 e. The molecule has 0 aliphatic carbocycles. The lowest BCUT2D eigenvalue weighted by Crippen LogP contribution is -2.48. The van der Waals surface area contributed by atoms with Gasteiger partial charge in [-0.15, -0.1) is 0 Å². The van der Waals surface area contributed by atoms with E-state index in [4.69, 9.17) is 10.5 Å². The number of carbonyl (C=O) groups is 1. The predicted octanol–water partition coefficient (Wildman–Crippen LogP) is 2.24. The summed E-state index contributed by atoms with van der Waals surface area (Å²) in [5, 5.41) is 1.55. The molecule has 6 nitrogen and oxygen atoms in total. The molecule has 2 aromatic rings. The van der Waals surface area contributed by atoms with Crippen LogP contribution >= 0.6 is 0 Å². The summed E-state index contributed by atoms with van der Waals surface area (Å²) in [5.41, 5.74) is 11.7. The maximum absolute atomic E-state index is 12.4. The van der Waals surface area contributed by atoms with Crippen LogP contribution in [0.3, 0.4) is 0 Å². The summed E-state index contributed by atoms with van der Waals surface area (Å²) < 4.78 is 5.35. The predicted molar refractivity (Wildman–Crippen MR) is 98.3 cm³/mol. The van der Waals surface area contributed by atoms with Crippen molar-refractivity contribution in [3.8, 4) is 5.75 Å². The fourth-order valence-corrected chi connectivity index (χ4v) is 2.70. The fraction of sp³-hybridized carbons (Fsp3) is 0.158. The number of benzene rings is 2. The quantitative estimate of drug-likeness (QED) is 0.877. The molecule has 0 atom stereocenters. The molecule has 0 unspecified atom stereocenters. The van der Waals surface area contributed by atoms with Crippen molar-refractivity contribution in [1.29, 1.82) is 0 Å². The van der Waals surface area contributed by atoms with Crippen molar-refractivity contribution in [2.24, 2.45) is 10.7 Å². The van der Waals surface area contributed by atoms with Crippen molar-refractivity contribution >= 4 is 23.1 Å². The average Bonchev–Trinajstić information content (AvgIpc) is 2.64. The summed E-state index contributed by atoms with van der Waals surface area (Å²) in [7, 11) is 1.59. The first-order chi connectivity index (χ1) is 12.1. The molecule has 3 N–H and O–H groups in total. The van der Waals surface area contributed by atoms with E-state index in [0.717, 1.165) is 11.1 Å². The number of aliphatic imine (C=N–C) groups is 1. The minimum atomic E-state index is -0.167. The van der Waals surface area contributed by atoms with E-state index in [2.05, 4.69) is 17.0 Å². The number of hydrogen-bond acceptors (Lipinski definition) is 5. The lowest BCUT2D eigenvalue weighted by molar-refractivity contribution is -0.122. The van der Waals surface area contributed by atoms with E-state index >= 15 is 0 Å².